The Morgan fingerprint density at radius 3 is 2.47 bits per heavy atom. The van der Waals surface area contributed by atoms with E-state index in [2.05, 4.69) is 32.9 Å². The summed E-state index contributed by atoms with van der Waals surface area (Å²) in [6.45, 7) is 0. The van der Waals surface area contributed by atoms with Gasteiger partial charge in [-0.3, -0.25) is 4.98 Å². The summed E-state index contributed by atoms with van der Waals surface area (Å²) >= 11 is 2.27. The molecule has 0 bridgehead atoms. The van der Waals surface area contributed by atoms with Crippen LogP contribution in [0.4, 0.5) is 17.1 Å². The van der Waals surface area contributed by atoms with Crippen LogP contribution in [0.25, 0.3) is 0 Å². The molecule has 3 nitrogen and oxygen atoms in total. The molecule has 1 aromatic carbocycles. The summed E-state index contributed by atoms with van der Waals surface area (Å²) in [5.74, 6) is 0. The summed E-state index contributed by atoms with van der Waals surface area (Å²) in [4.78, 5) is 4.01. The Balaban J connectivity index is 2.18. The van der Waals surface area contributed by atoms with Gasteiger partial charge < -0.3 is 11.1 Å². The molecule has 76 valence electrons. The van der Waals surface area contributed by atoms with Crippen LogP contribution in [-0.2, 0) is 0 Å². The first kappa shape index (κ1) is 10.2. The summed E-state index contributed by atoms with van der Waals surface area (Å²) in [5.41, 5.74) is 8.22. The van der Waals surface area contributed by atoms with Gasteiger partial charge in [0.1, 0.15) is 0 Å². The standard InChI is InChI=1S/C11H10IN3/c12-8-1-3-10(4-2-8)15-11-5-9(13)6-14-7-11/h1-7,15H,13H2. The fraction of sp³-hybridized carbons (Fsp3) is 0. The normalized spacial score (nSPS) is 9.93. The lowest BCUT2D eigenvalue weighted by Gasteiger charge is -2.06. The molecule has 1 aromatic heterocycles. The average molecular weight is 311 g/mol. The molecule has 0 saturated heterocycles. The first-order chi connectivity index (χ1) is 7.24. The number of hydrogen-bond donors (Lipinski definition) is 2. The summed E-state index contributed by atoms with van der Waals surface area (Å²) in [6, 6.07) is 9.98. The van der Waals surface area contributed by atoms with Gasteiger partial charge in [-0.05, 0) is 52.9 Å². The van der Waals surface area contributed by atoms with Crippen LogP contribution in [0.3, 0.4) is 0 Å². The summed E-state index contributed by atoms with van der Waals surface area (Å²) in [5, 5.41) is 3.23. The van der Waals surface area contributed by atoms with Gasteiger partial charge in [0, 0.05) is 15.5 Å². The summed E-state index contributed by atoms with van der Waals surface area (Å²) in [7, 11) is 0. The molecule has 4 heteroatoms. The second-order valence-electron chi connectivity index (χ2n) is 3.14. The number of halogens is 1. The lowest BCUT2D eigenvalue weighted by atomic mass is 10.3. The number of rotatable bonds is 2. The molecular weight excluding hydrogens is 301 g/mol. The molecule has 3 N–H and O–H groups in total. The van der Waals surface area contributed by atoms with Crippen molar-refractivity contribution in [1.82, 2.24) is 4.98 Å². The topological polar surface area (TPSA) is 50.9 Å². The minimum Gasteiger partial charge on any atom is -0.397 e. The van der Waals surface area contributed by atoms with E-state index >= 15 is 0 Å². The first-order valence-electron chi connectivity index (χ1n) is 4.47. The van der Waals surface area contributed by atoms with Gasteiger partial charge in [-0.25, -0.2) is 0 Å². The number of anilines is 3. The maximum absolute atomic E-state index is 5.63. The molecule has 15 heavy (non-hydrogen) atoms. The largest absolute Gasteiger partial charge is 0.397 e. The Kier molecular flexibility index (Phi) is 3.05. The van der Waals surface area contributed by atoms with E-state index in [0.717, 1.165) is 11.4 Å². The Morgan fingerprint density at radius 1 is 1.07 bits per heavy atom. The van der Waals surface area contributed by atoms with Crippen molar-refractivity contribution in [2.24, 2.45) is 0 Å². The predicted octanol–water partition coefficient (Wildman–Crippen LogP) is 3.01. The van der Waals surface area contributed by atoms with Crippen LogP contribution in [0.5, 0.6) is 0 Å². The van der Waals surface area contributed by atoms with Gasteiger partial charge in [0.25, 0.3) is 0 Å². The average Bonchev–Trinajstić information content (AvgIpc) is 2.22. The Bertz CT molecular complexity index is 454. The molecular formula is C11H10IN3. The van der Waals surface area contributed by atoms with Crippen LogP contribution in [0, 0.1) is 3.57 Å². The monoisotopic (exact) mass is 311 g/mol. The lowest BCUT2D eigenvalue weighted by molar-refractivity contribution is 1.32. The zero-order chi connectivity index (χ0) is 10.7. The third-order valence-electron chi connectivity index (χ3n) is 1.89. The number of nitrogen functional groups attached to an aromatic ring is 1. The van der Waals surface area contributed by atoms with E-state index in [9.17, 15) is 0 Å². The highest BCUT2D eigenvalue weighted by Crippen LogP contribution is 2.18. The van der Waals surface area contributed by atoms with Crippen molar-refractivity contribution in [2.45, 2.75) is 0 Å². The van der Waals surface area contributed by atoms with Crippen LogP contribution < -0.4 is 11.1 Å². The molecule has 0 spiro atoms. The van der Waals surface area contributed by atoms with Gasteiger partial charge >= 0.3 is 0 Å². The highest BCUT2D eigenvalue weighted by atomic mass is 127. The zero-order valence-corrected chi connectivity index (χ0v) is 10.1. The van der Waals surface area contributed by atoms with Crippen LogP contribution in [0.2, 0.25) is 0 Å². The fourth-order valence-electron chi connectivity index (χ4n) is 1.23. The van der Waals surface area contributed by atoms with Crippen LogP contribution in [0.1, 0.15) is 0 Å². The summed E-state index contributed by atoms with van der Waals surface area (Å²) in [6.07, 6.45) is 3.37. The third kappa shape index (κ3) is 2.82. The number of pyridine rings is 1. The number of aromatic nitrogens is 1. The van der Waals surface area contributed by atoms with E-state index in [-0.39, 0.29) is 0 Å². The van der Waals surface area contributed by atoms with Crippen molar-refractivity contribution in [2.75, 3.05) is 11.1 Å². The molecule has 0 aliphatic heterocycles. The highest BCUT2D eigenvalue weighted by molar-refractivity contribution is 14.1. The number of nitrogens with zero attached hydrogens (tertiary/aromatic N) is 1. The maximum Gasteiger partial charge on any atom is 0.0591 e. The maximum atomic E-state index is 5.63. The number of benzene rings is 1. The number of nitrogens with two attached hydrogens (primary N) is 1. The van der Waals surface area contributed by atoms with Crippen molar-refractivity contribution in [3.8, 4) is 0 Å². The van der Waals surface area contributed by atoms with Gasteiger partial charge in [-0.2, -0.15) is 0 Å². The molecule has 0 atom stereocenters. The van der Waals surface area contributed by atoms with Gasteiger partial charge in [-0.15, -0.1) is 0 Å². The molecule has 1 heterocycles. The van der Waals surface area contributed by atoms with Crippen molar-refractivity contribution in [3.63, 3.8) is 0 Å². The minimum atomic E-state index is 0.658. The number of hydrogen-bond acceptors (Lipinski definition) is 3. The minimum absolute atomic E-state index is 0.658. The van der Waals surface area contributed by atoms with E-state index < -0.39 is 0 Å². The second kappa shape index (κ2) is 4.48. The molecule has 2 aromatic rings. The molecule has 0 unspecified atom stereocenters. The molecule has 0 aliphatic rings. The smallest absolute Gasteiger partial charge is 0.0591 e. The zero-order valence-electron chi connectivity index (χ0n) is 7.94. The number of nitrogens with one attached hydrogen (secondary N) is 1. The Morgan fingerprint density at radius 2 is 1.80 bits per heavy atom. The van der Waals surface area contributed by atoms with Crippen molar-refractivity contribution in [3.05, 3.63) is 46.3 Å². The van der Waals surface area contributed by atoms with E-state index in [0.29, 0.717) is 5.69 Å². The SMILES string of the molecule is Nc1cncc(Nc2ccc(I)cc2)c1. The van der Waals surface area contributed by atoms with Gasteiger partial charge in [-0.1, -0.05) is 0 Å². The Labute approximate surface area is 102 Å². The van der Waals surface area contributed by atoms with Gasteiger partial charge in [0.2, 0.25) is 0 Å². The van der Waals surface area contributed by atoms with Crippen molar-refractivity contribution in [1.29, 1.82) is 0 Å². The van der Waals surface area contributed by atoms with E-state index in [4.69, 9.17) is 5.73 Å². The third-order valence-corrected chi connectivity index (χ3v) is 2.61. The Hall–Kier alpha value is -1.30. The molecule has 0 saturated carbocycles. The summed E-state index contributed by atoms with van der Waals surface area (Å²) < 4.78 is 1.21. The first-order valence-corrected chi connectivity index (χ1v) is 5.55. The molecule has 2 rings (SSSR count). The molecule has 0 amide bonds. The van der Waals surface area contributed by atoms with Gasteiger partial charge in [0.15, 0.2) is 0 Å². The van der Waals surface area contributed by atoms with E-state index in [1.807, 2.05) is 30.3 Å². The van der Waals surface area contributed by atoms with E-state index in [1.54, 1.807) is 12.4 Å². The van der Waals surface area contributed by atoms with Crippen molar-refractivity contribution < 1.29 is 0 Å². The molecule has 0 aliphatic carbocycles. The van der Waals surface area contributed by atoms with E-state index in [1.165, 1.54) is 3.57 Å². The van der Waals surface area contributed by atoms with Gasteiger partial charge in [0.05, 0.1) is 17.6 Å². The lowest BCUT2D eigenvalue weighted by Crippen LogP contribution is -1.93. The van der Waals surface area contributed by atoms with Crippen molar-refractivity contribution >= 4 is 39.7 Å². The highest BCUT2D eigenvalue weighted by Gasteiger charge is 1.95. The van der Waals surface area contributed by atoms with Crippen LogP contribution in [-0.4, -0.2) is 4.98 Å². The molecule has 0 fully saturated rings. The van der Waals surface area contributed by atoms with Crippen LogP contribution >= 0.6 is 22.6 Å². The fourth-order valence-corrected chi connectivity index (χ4v) is 1.59. The second-order valence-corrected chi connectivity index (χ2v) is 4.38. The van der Waals surface area contributed by atoms with Crippen LogP contribution in [0.15, 0.2) is 42.7 Å². The predicted molar refractivity (Wildman–Crippen MR) is 71.1 cm³/mol. The quantitative estimate of drug-likeness (QED) is 0.838. The molecule has 0 radical (unpaired) electrons.